The van der Waals surface area contributed by atoms with Gasteiger partial charge in [-0.25, -0.2) is 8.42 Å². The Labute approximate surface area is 296 Å². The zero-order valence-electron chi connectivity index (χ0n) is 29.6. The normalized spacial score (nSPS) is 12.4. The van der Waals surface area contributed by atoms with Gasteiger partial charge >= 0.3 is 0 Å². The van der Waals surface area contributed by atoms with Crippen molar-refractivity contribution >= 4 is 27.5 Å². The summed E-state index contributed by atoms with van der Waals surface area (Å²) in [5.41, 5.74) is 2.95. The van der Waals surface area contributed by atoms with E-state index in [2.05, 4.69) is 5.32 Å². The third-order valence-corrected chi connectivity index (χ3v) is 10.2. The van der Waals surface area contributed by atoms with Crippen molar-refractivity contribution in [2.24, 2.45) is 0 Å². The average molecular weight is 702 g/mol. The second-order valence-electron chi connectivity index (χ2n) is 12.0. The van der Waals surface area contributed by atoms with Crippen LogP contribution in [0.4, 0.5) is 5.69 Å². The molecule has 0 bridgehead atoms. The van der Waals surface area contributed by atoms with Crippen LogP contribution in [0.25, 0.3) is 0 Å². The van der Waals surface area contributed by atoms with Crippen molar-refractivity contribution in [3.05, 3.63) is 114 Å². The number of amides is 2. The molecule has 11 heteroatoms. The molecule has 0 unspecified atom stereocenters. The molecule has 0 spiro atoms. The fourth-order valence-corrected chi connectivity index (χ4v) is 6.82. The molecule has 50 heavy (non-hydrogen) atoms. The summed E-state index contributed by atoms with van der Waals surface area (Å²) in [6, 6.07) is 26.9. The van der Waals surface area contributed by atoms with Gasteiger partial charge in [0.25, 0.3) is 10.0 Å². The molecule has 0 saturated heterocycles. The lowest BCUT2D eigenvalue weighted by atomic mass is 10.0. The monoisotopic (exact) mass is 701 g/mol. The van der Waals surface area contributed by atoms with Crippen LogP contribution in [-0.2, 0) is 32.6 Å². The van der Waals surface area contributed by atoms with E-state index in [1.54, 1.807) is 24.3 Å². The first-order valence-corrected chi connectivity index (χ1v) is 18.1. The number of benzene rings is 4. The van der Waals surface area contributed by atoms with Gasteiger partial charge in [-0.2, -0.15) is 0 Å². The number of nitrogens with one attached hydrogen (secondary N) is 1. The molecule has 10 nitrogen and oxygen atoms in total. The number of hydrogen-bond acceptors (Lipinski definition) is 7. The molecule has 1 N–H and O–H groups in total. The summed E-state index contributed by atoms with van der Waals surface area (Å²) >= 11 is 0. The maximum atomic E-state index is 14.7. The van der Waals surface area contributed by atoms with Crippen molar-refractivity contribution in [1.82, 2.24) is 10.2 Å². The lowest BCUT2D eigenvalue weighted by Crippen LogP contribution is -2.54. The number of rotatable bonds is 17. The first-order valence-electron chi connectivity index (χ1n) is 16.7. The number of aryl methyl sites for hydroxylation is 1. The molecule has 2 amide bonds. The average Bonchev–Trinajstić information content (AvgIpc) is 3.13. The number of methoxy groups -OCH3 is 2. The number of anilines is 1. The quantitative estimate of drug-likeness (QED) is 0.140. The molecule has 0 aliphatic heterocycles. The molecule has 4 aromatic carbocycles. The van der Waals surface area contributed by atoms with Crippen molar-refractivity contribution in [2.45, 2.75) is 64.1 Å². The number of ether oxygens (including phenoxy) is 3. The summed E-state index contributed by atoms with van der Waals surface area (Å²) in [4.78, 5) is 30.2. The Morgan fingerprint density at radius 2 is 1.48 bits per heavy atom. The number of carbonyl (C=O) groups excluding carboxylic acids is 2. The minimum absolute atomic E-state index is 0.0814. The molecule has 0 saturated carbocycles. The molecule has 0 aliphatic rings. The van der Waals surface area contributed by atoms with E-state index in [-0.39, 0.29) is 41.2 Å². The van der Waals surface area contributed by atoms with Gasteiger partial charge in [-0.05, 0) is 74.7 Å². The van der Waals surface area contributed by atoms with Gasteiger partial charge in [0.1, 0.15) is 18.3 Å². The highest BCUT2D eigenvalue weighted by molar-refractivity contribution is 7.92. The molecule has 0 heterocycles. The summed E-state index contributed by atoms with van der Waals surface area (Å²) in [5.74, 6) is 0.257. The number of nitrogens with zero attached hydrogens (tertiary/aromatic N) is 2. The zero-order valence-corrected chi connectivity index (χ0v) is 30.4. The second-order valence-corrected chi connectivity index (χ2v) is 13.8. The van der Waals surface area contributed by atoms with Crippen LogP contribution in [-0.4, -0.2) is 64.6 Å². The summed E-state index contributed by atoms with van der Waals surface area (Å²) in [6.45, 7) is 7.63. The van der Waals surface area contributed by atoms with Gasteiger partial charge in [-0.3, -0.25) is 13.9 Å². The number of hydrogen-bond donors (Lipinski definition) is 1. The molecule has 0 aromatic heterocycles. The van der Waals surface area contributed by atoms with Crippen molar-refractivity contribution in [3.63, 3.8) is 0 Å². The highest BCUT2D eigenvalue weighted by Gasteiger charge is 2.35. The molecular weight excluding hydrogens is 655 g/mol. The van der Waals surface area contributed by atoms with Gasteiger partial charge in [-0.15, -0.1) is 0 Å². The third-order valence-electron chi connectivity index (χ3n) is 8.40. The third kappa shape index (κ3) is 9.56. The molecule has 4 aromatic rings. The highest BCUT2D eigenvalue weighted by Crippen LogP contribution is 2.33. The Morgan fingerprint density at radius 3 is 2.08 bits per heavy atom. The fourth-order valence-electron chi connectivity index (χ4n) is 5.39. The molecule has 0 aliphatic carbocycles. The van der Waals surface area contributed by atoms with Crippen LogP contribution in [0.1, 0.15) is 43.9 Å². The minimum Gasteiger partial charge on any atom is -0.494 e. The van der Waals surface area contributed by atoms with E-state index in [9.17, 15) is 18.0 Å². The summed E-state index contributed by atoms with van der Waals surface area (Å²) in [6.07, 6.45) is 0.928. The fraction of sp³-hybridized carbons (Fsp3) is 0.333. The number of sulfonamides is 1. The van der Waals surface area contributed by atoms with Crippen molar-refractivity contribution < 1.29 is 32.2 Å². The van der Waals surface area contributed by atoms with E-state index >= 15 is 0 Å². The lowest BCUT2D eigenvalue weighted by molar-refractivity contribution is -0.140. The van der Waals surface area contributed by atoms with Crippen molar-refractivity contribution in [1.29, 1.82) is 0 Å². The van der Waals surface area contributed by atoms with Crippen LogP contribution < -0.4 is 23.8 Å². The molecule has 4 rings (SSSR count). The van der Waals surface area contributed by atoms with E-state index in [1.807, 2.05) is 82.3 Å². The maximum absolute atomic E-state index is 14.7. The van der Waals surface area contributed by atoms with Crippen LogP contribution in [0.2, 0.25) is 0 Å². The number of carbonyl (C=O) groups is 2. The zero-order chi connectivity index (χ0) is 36.3. The minimum atomic E-state index is -4.36. The summed E-state index contributed by atoms with van der Waals surface area (Å²) in [5, 5.41) is 3.06. The molecule has 2 atom stereocenters. The van der Waals surface area contributed by atoms with Gasteiger partial charge in [0, 0.05) is 25.1 Å². The molecular formula is C39H47N3O7S. The van der Waals surface area contributed by atoms with Crippen LogP contribution >= 0.6 is 0 Å². The Bertz CT molecular complexity index is 1820. The van der Waals surface area contributed by atoms with Gasteiger partial charge < -0.3 is 24.4 Å². The summed E-state index contributed by atoms with van der Waals surface area (Å²) < 4.78 is 46.4. The van der Waals surface area contributed by atoms with E-state index in [0.29, 0.717) is 24.5 Å². The Balaban J connectivity index is 1.83. The Hall–Kier alpha value is -5.03. The topological polar surface area (TPSA) is 114 Å². The second kappa shape index (κ2) is 17.6. The standard InChI is InChI=1S/C39H47N3O7S/c1-7-29(4)40-39(44)35(24-30-12-10-9-11-13-30)41(26-31-16-14-28(3)15-17-31)38(43)27-42(32-18-20-33(21-19-32)49-8-2)50(45,46)34-22-23-36(47-5)37(25-34)48-6/h9-23,25,29,35H,7-8,24,26-27H2,1-6H3,(H,40,44)/t29-,35+/m0/s1. The van der Waals surface area contributed by atoms with Crippen molar-refractivity contribution in [2.75, 3.05) is 31.7 Å². The Kier molecular flexibility index (Phi) is 13.3. The first kappa shape index (κ1) is 37.8. The van der Waals surface area contributed by atoms with Crippen LogP contribution in [0.15, 0.2) is 102 Å². The summed E-state index contributed by atoms with van der Waals surface area (Å²) in [7, 11) is -1.48. The van der Waals surface area contributed by atoms with E-state index < -0.39 is 28.5 Å². The van der Waals surface area contributed by atoms with Gasteiger partial charge in [0.15, 0.2) is 11.5 Å². The highest BCUT2D eigenvalue weighted by atomic mass is 32.2. The van der Waals surface area contributed by atoms with Crippen LogP contribution in [0.3, 0.4) is 0 Å². The molecule has 0 fully saturated rings. The van der Waals surface area contributed by atoms with Gasteiger partial charge in [0.05, 0.1) is 31.4 Å². The van der Waals surface area contributed by atoms with E-state index in [4.69, 9.17) is 14.2 Å². The first-order chi connectivity index (χ1) is 24.0. The maximum Gasteiger partial charge on any atom is 0.264 e. The predicted molar refractivity (Wildman–Crippen MR) is 195 cm³/mol. The Morgan fingerprint density at radius 1 is 0.820 bits per heavy atom. The smallest absolute Gasteiger partial charge is 0.264 e. The molecule has 0 radical (unpaired) electrons. The van der Waals surface area contributed by atoms with E-state index in [1.165, 1.54) is 37.3 Å². The van der Waals surface area contributed by atoms with Gasteiger partial charge in [0.2, 0.25) is 11.8 Å². The van der Waals surface area contributed by atoms with Crippen LogP contribution in [0, 0.1) is 6.92 Å². The predicted octanol–water partition coefficient (Wildman–Crippen LogP) is 6.16. The largest absolute Gasteiger partial charge is 0.494 e. The SMILES string of the molecule is CCOc1ccc(N(CC(=O)N(Cc2ccc(C)cc2)[C@H](Cc2ccccc2)C(=O)N[C@@H](C)CC)S(=O)(=O)c2ccc(OC)c(OC)c2)cc1. The molecule has 266 valence electrons. The van der Waals surface area contributed by atoms with E-state index in [0.717, 1.165) is 21.0 Å². The lowest BCUT2D eigenvalue weighted by Gasteiger charge is -2.34. The van der Waals surface area contributed by atoms with Crippen LogP contribution in [0.5, 0.6) is 17.2 Å². The van der Waals surface area contributed by atoms with Gasteiger partial charge in [-0.1, -0.05) is 67.1 Å². The van der Waals surface area contributed by atoms with Crippen molar-refractivity contribution in [3.8, 4) is 17.2 Å².